The van der Waals surface area contributed by atoms with E-state index in [-0.39, 0.29) is 0 Å². The van der Waals surface area contributed by atoms with Crippen LogP contribution in [0, 0.1) is 11.3 Å². The van der Waals surface area contributed by atoms with Crippen LogP contribution in [0.25, 0.3) is 11.5 Å². The number of benzene rings is 1. The summed E-state index contributed by atoms with van der Waals surface area (Å²) in [7, 11) is 0. The van der Waals surface area contributed by atoms with Gasteiger partial charge in [0.2, 0.25) is 11.8 Å². The molecular formula is C16H20BrN3O. The number of halogens is 1. The maximum absolute atomic E-state index is 5.73. The minimum atomic E-state index is 0.491. The molecule has 0 aliphatic heterocycles. The number of nitrogens with one attached hydrogen (secondary N) is 1. The topological polar surface area (TPSA) is 51.0 Å². The number of hydrogen-bond donors (Lipinski definition) is 1. The predicted molar refractivity (Wildman–Crippen MR) is 85.6 cm³/mol. The van der Waals surface area contributed by atoms with Crippen molar-refractivity contribution >= 4 is 15.9 Å². The Labute approximate surface area is 133 Å². The lowest BCUT2D eigenvalue weighted by molar-refractivity contribution is 0.330. The van der Waals surface area contributed by atoms with Crippen molar-refractivity contribution in [3.8, 4) is 11.5 Å². The lowest BCUT2D eigenvalue weighted by atomic mass is 9.92. The monoisotopic (exact) mass is 349 g/mol. The van der Waals surface area contributed by atoms with Crippen molar-refractivity contribution in [3.63, 3.8) is 0 Å². The SMILES string of the molecule is CC(C)C1(CNCc2nnc(-c3ccccc3Br)o2)CC1. The van der Waals surface area contributed by atoms with E-state index in [0.29, 0.717) is 23.7 Å². The van der Waals surface area contributed by atoms with Gasteiger partial charge in [-0.25, -0.2) is 0 Å². The second kappa shape index (κ2) is 5.89. The summed E-state index contributed by atoms with van der Waals surface area (Å²) in [6.07, 6.45) is 2.65. The van der Waals surface area contributed by atoms with Gasteiger partial charge in [-0.1, -0.05) is 26.0 Å². The Hall–Kier alpha value is -1.20. The van der Waals surface area contributed by atoms with Crippen LogP contribution in [0.4, 0.5) is 0 Å². The second-order valence-corrected chi connectivity index (χ2v) is 6.96. The zero-order valence-corrected chi connectivity index (χ0v) is 14.0. The molecule has 1 fully saturated rings. The second-order valence-electron chi connectivity index (χ2n) is 6.10. The highest BCUT2D eigenvalue weighted by Gasteiger charge is 2.44. The third kappa shape index (κ3) is 3.19. The minimum absolute atomic E-state index is 0.491. The van der Waals surface area contributed by atoms with Crippen LogP contribution < -0.4 is 5.32 Å². The fourth-order valence-electron chi connectivity index (χ4n) is 2.61. The molecule has 112 valence electrons. The van der Waals surface area contributed by atoms with Crippen molar-refractivity contribution in [1.29, 1.82) is 0 Å². The highest BCUT2D eigenvalue weighted by atomic mass is 79.9. The van der Waals surface area contributed by atoms with Gasteiger partial charge in [-0.2, -0.15) is 0 Å². The van der Waals surface area contributed by atoms with Crippen LogP contribution in [0.5, 0.6) is 0 Å². The van der Waals surface area contributed by atoms with E-state index in [2.05, 4.69) is 45.3 Å². The van der Waals surface area contributed by atoms with Gasteiger partial charge >= 0.3 is 0 Å². The zero-order valence-electron chi connectivity index (χ0n) is 12.4. The van der Waals surface area contributed by atoms with Crippen molar-refractivity contribution in [2.45, 2.75) is 33.2 Å². The number of rotatable bonds is 6. The average Bonchev–Trinajstić information content (AvgIpc) is 3.11. The highest BCUT2D eigenvalue weighted by Crippen LogP contribution is 2.51. The van der Waals surface area contributed by atoms with Gasteiger partial charge in [0.15, 0.2) is 0 Å². The van der Waals surface area contributed by atoms with E-state index in [1.807, 2.05) is 24.3 Å². The van der Waals surface area contributed by atoms with E-state index in [1.54, 1.807) is 0 Å². The molecule has 0 atom stereocenters. The molecule has 0 amide bonds. The third-order valence-electron chi connectivity index (χ3n) is 4.44. The summed E-state index contributed by atoms with van der Waals surface area (Å²) >= 11 is 3.50. The van der Waals surface area contributed by atoms with Gasteiger partial charge in [0, 0.05) is 11.0 Å². The average molecular weight is 350 g/mol. The maximum Gasteiger partial charge on any atom is 0.248 e. The molecular weight excluding hydrogens is 330 g/mol. The molecule has 3 rings (SSSR count). The molecule has 1 N–H and O–H groups in total. The van der Waals surface area contributed by atoms with Gasteiger partial charge in [-0.3, -0.25) is 0 Å². The normalized spacial score (nSPS) is 16.4. The summed E-state index contributed by atoms with van der Waals surface area (Å²) in [4.78, 5) is 0. The van der Waals surface area contributed by atoms with E-state index >= 15 is 0 Å². The minimum Gasteiger partial charge on any atom is -0.419 e. The number of hydrogen-bond acceptors (Lipinski definition) is 4. The van der Waals surface area contributed by atoms with Gasteiger partial charge in [0.25, 0.3) is 0 Å². The smallest absolute Gasteiger partial charge is 0.248 e. The van der Waals surface area contributed by atoms with Crippen LogP contribution in [-0.4, -0.2) is 16.7 Å². The van der Waals surface area contributed by atoms with Crippen LogP contribution in [0.2, 0.25) is 0 Å². The Kier molecular flexibility index (Phi) is 4.13. The van der Waals surface area contributed by atoms with Crippen LogP contribution in [0.15, 0.2) is 33.2 Å². The molecule has 21 heavy (non-hydrogen) atoms. The molecule has 0 saturated heterocycles. The van der Waals surface area contributed by atoms with Crippen LogP contribution in [0.3, 0.4) is 0 Å². The fraction of sp³-hybridized carbons (Fsp3) is 0.500. The first kappa shape index (κ1) is 14.7. The van der Waals surface area contributed by atoms with Crippen LogP contribution in [0.1, 0.15) is 32.6 Å². The summed E-state index contributed by atoms with van der Waals surface area (Å²) in [5.41, 5.74) is 1.42. The van der Waals surface area contributed by atoms with Gasteiger partial charge in [0.05, 0.1) is 12.1 Å². The van der Waals surface area contributed by atoms with Crippen molar-refractivity contribution < 1.29 is 4.42 Å². The molecule has 5 heteroatoms. The van der Waals surface area contributed by atoms with Gasteiger partial charge < -0.3 is 9.73 Å². The van der Waals surface area contributed by atoms with Gasteiger partial charge in [-0.05, 0) is 52.2 Å². The highest BCUT2D eigenvalue weighted by molar-refractivity contribution is 9.10. The Morgan fingerprint density at radius 2 is 2.05 bits per heavy atom. The maximum atomic E-state index is 5.73. The molecule has 1 saturated carbocycles. The standard InChI is InChI=1S/C16H20BrN3O/c1-11(2)16(7-8-16)10-18-9-14-19-20-15(21-14)12-5-3-4-6-13(12)17/h3-6,11,18H,7-10H2,1-2H3. The lowest BCUT2D eigenvalue weighted by Gasteiger charge is -2.19. The molecule has 1 aliphatic rings. The van der Waals surface area contributed by atoms with Gasteiger partial charge in [-0.15, -0.1) is 10.2 Å². The van der Waals surface area contributed by atoms with Crippen molar-refractivity contribution in [2.75, 3.05) is 6.54 Å². The predicted octanol–water partition coefficient (Wildman–Crippen LogP) is 4.02. The van der Waals surface area contributed by atoms with E-state index in [9.17, 15) is 0 Å². The van der Waals surface area contributed by atoms with E-state index in [0.717, 1.165) is 22.5 Å². The first-order valence-electron chi connectivity index (χ1n) is 7.39. The van der Waals surface area contributed by atoms with Crippen molar-refractivity contribution in [2.24, 2.45) is 11.3 Å². The fourth-order valence-corrected chi connectivity index (χ4v) is 3.06. The number of aromatic nitrogens is 2. The summed E-state index contributed by atoms with van der Waals surface area (Å²) in [6, 6.07) is 7.86. The Morgan fingerprint density at radius 1 is 1.29 bits per heavy atom. The molecule has 1 aromatic heterocycles. The Balaban J connectivity index is 1.60. The number of nitrogens with zero attached hydrogens (tertiary/aromatic N) is 2. The summed E-state index contributed by atoms with van der Waals surface area (Å²) in [5, 5.41) is 11.7. The molecule has 0 bridgehead atoms. The summed E-state index contributed by atoms with van der Waals surface area (Å²) in [6.45, 7) is 6.25. The largest absolute Gasteiger partial charge is 0.419 e. The molecule has 0 spiro atoms. The molecule has 0 radical (unpaired) electrons. The van der Waals surface area contributed by atoms with Crippen molar-refractivity contribution in [1.82, 2.24) is 15.5 Å². The Morgan fingerprint density at radius 3 is 2.71 bits per heavy atom. The zero-order chi connectivity index (χ0) is 14.9. The van der Waals surface area contributed by atoms with E-state index in [4.69, 9.17) is 4.42 Å². The molecule has 0 unspecified atom stereocenters. The first-order chi connectivity index (χ1) is 10.1. The molecule has 1 aliphatic carbocycles. The Bertz CT molecular complexity index is 619. The third-order valence-corrected chi connectivity index (χ3v) is 5.13. The van der Waals surface area contributed by atoms with E-state index < -0.39 is 0 Å². The van der Waals surface area contributed by atoms with Crippen LogP contribution >= 0.6 is 15.9 Å². The summed E-state index contributed by atoms with van der Waals surface area (Å²) in [5.74, 6) is 1.92. The summed E-state index contributed by atoms with van der Waals surface area (Å²) < 4.78 is 6.69. The van der Waals surface area contributed by atoms with Crippen LogP contribution in [-0.2, 0) is 6.54 Å². The molecule has 1 heterocycles. The molecule has 1 aromatic carbocycles. The molecule has 2 aromatic rings. The quantitative estimate of drug-likeness (QED) is 0.855. The first-order valence-corrected chi connectivity index (χ1v) is 8.18. The lowest BCUT2D eigenvalue weighted by Crippen LogP contribution is -2.27. The van der Waals surface area contributed by atoms with Crippen molar-refractivity contribution in [3.05, 3.63) is 34.6 Å². The van der Waals surface area contributed by atoms with E-state index in [1.165, 1.54) is 12.8 Å². The van der Waals surface area contributed by atoms with Gasteiger partial charge in [0.1, 0.15) is 0 Å². The molecule has 4 nitrogen and oxygen atoms in total.